The summed E-state index contributed by atoms with van der Waals surface area (Å²) in [4.78, 5) is 26.0. The summed E-state index contributed by atoms with van der Waals surface area (Å²) in [6.45, 7) is 0.477. The van der Waals surface area contributed by atoms with Gasteiger partial charge in [-0.15, -0.1) is 11.8 Å². The van der Waals surface area contributed by atoms with Crippen LogP contribution in [-0.4, -0.2) is 29.5 Å². The first-order valence-electron chi connectivity index (χ1n) is 6.97. The van der Waals surface area contributed by atoms with Crippen molar-refractivity contribution < 1.29 is 9.59 Å². The standard InChI is InChI=1S/C17H17ClN2O2S/c1-20(10-12-6-8-13(18)9-7-12)17(22)14-4-2-3-5-15(14)23-11-16(19)21/h2-9H,10-11H2,1H3,(H2,19,21). The van der Waals surface area contributed by atoms with Crippen LogP contribution in [0.15, 0.2) is 53.4 Å². The molecular weight excluding hydrogens is 332 g/mol. The largest absolute Gasteiger partial charge is 0.369 e. The fraction of sp³-hybridized carbons (Fsp3) is 0.176. The second-order valence-electron chi connectivity index (χ2n) is 5.04. The summed E-state index contributed by atoms with van der Waals surface area (Å²) in [5, 5.41) is 0.663. The number of rotatable bonds is 6. The van der Waals surface area contributed by atoms with E-state index in [9.17, 15) is 9.59 Å². The molecule has 0 atom stereocenters. The molecule has 6 heteroatoms. The minimum atomic E-state index is -0.410. The molecule has 0 unspecified atom stereocenters. The molecule has 2 amide bonds. The lowest BCUT2D eigenvalue weighted by Gasteiger charge is -2.19. The molecule has 2 N–H and O–H groups in total. The van der Waals surface area contributed by atoms with E-state index in [1.54, 1.807) is 36.2 Å². The number of amides is 2. The van der Waals surface area contributed by atoms with E-state index in [2.05, 4.69) is 0 Å². The van der Waals surface area contributed by atoms with Crippen molar-refractivity contribution in [2.45, 2.75) is 11.4 Å². The number of benzene rings is 2. The summed E-state index contributed by atoms with van der Waals surface area (Å²) in [6.07, 6.45) is 0. The highest BCUT2D eigenvalue weighted by atomic mass is 35.5. The zero-order valence-corrected chi connectivity index (χ0v) is 14.2. The highest BCUT2D eigenvalue weighted by Crippen LogP contribution is 2.24. The van der Waals surface area contributed by atoms with Gasteiger partial charge in [-0.2, -0.15) is 0 Å². The monoisotopic (exact) mass is 348 g/mol. The first-order chi connectivity index (χ1) is 11.0. The van der Waals surface area contributed by atoms with Crippen LogP contribution in [0.2, 0.25) is 5.02 Å². The third-order valence-electron chi connectivity index (χ3n) is 3.17. The van der Waals surface area contributed by atoms with Gasteiger partial charge in [0.15, 0.2) is 0 Å². The van der Waals surface area contributed by atoms with Crippen LogP contribution in [0.4, 0.5) is 0 Å². The van der Waals surface area contributed by atoms with Crippen LogP contribution in [0.3, 0.4) is 0 Å². The maximum Gasteiger partial charge on any atom is 0.255 e. The van der Waals surface area contributed by atoms with Gasteiger partial charge in [-0.05, 0) is 29.8 Å². The van der Waals surface area contributed by atoms with Crippen molar-refractivity contribution >= 4 is 35.2 Å². The topological polar surface area (TPSA) is 63.4 Å². The van der Waals surface area contributed by atoms with E-state index in [-0.39, 0.29) is 11.7 Å². The molecule has 120 valence electrons. The fourth-order valence-corrected chi connectivity index (χ4v) is 2.97. The van der Waals surface area contributed by atoms with Gasteiger partial charge in [-0.25, -0.2) is 0 Å². The Bertz CT molecular complexity index is 704. The van der Waals surface area contributed by atoms with Crippen LogP contribution in [0.1, 0.15) is 15.9 Å². The SMILES string of the molecule is CN(Cc1ccc(Cl)cc1)C(=O)c1ccccc1SCC(N)=O. The van der Waals surface area contributed by atoms with Crippen molar-refractivity contribution in [3.8, 4) is 0 Å². The lowest BCUT2D eigenvalue weighted by Crippen LogP contribution is -2.26. The van der Waals surface area contributed by atoms with Crippen LogP contribution in [0.5, 0.6) is 0 Å². The summed E-state index contributed by atoms with van der Waals surface area (Å²) in [6, 6.07) is 14.6. The van der Waals surface area contributed by atoms with E-state index >= 15 is 0 Å². The summed E-state index contributed by atoms with van der Waals surface area (Å²) in [7, 11) is 1.74. The Morgan fingerprint density at radius 3 is 2.43 bits per heavy atom. The summed E-state index contributed by atoms with van der Waals surface area (Å²) in [5.41, 5.74) is 6.73. The molecule has 2 rings (SSSR count). The van der Waals surface area contributed by atoms with E-state index in [4.69, 9.17) is 17.3 Å². The van der Waals surface area contributed by atoms with E-state index in [1.807, 2.05) is 24.3 Å². The molecule has 23 heavy (non-hydrogen) atoms. The minimum absolute atomic E-state index is 0.104. The molecular formula is C17H17ClN2O2S. The van der Waals surface area contributed by atoms with Gasteiger partial charge >= 0.3 is 0 Å². The van der Waals surface area contributed by atoms with Crippen LogP contribution in [0.25, 0.3) is 0 Å². The maximum atomic E-state index is 12.7. The van der Waals surface area contributed by atoms with Gasteiger partial charge in [0.1, 0.15) is 0 Å². The molecule has 0 aliphatic carbocycles. The quantitative estimate of drug-likeness (QED) is 0.815. The lowest BCUT2D eigenvalue weighted by atomic mass is 10.1. The van der Waals surface area contributed by atoms with Gasteiger partial charge in [0.2, 0.25) is 5.91 Å². The third kappa shape index (κ3) is 5.01. The van der Waals surface area contributed by atoms with Gasteiger partial charge in [0.25, 0.3) is 5.91 Å². The zero-order valence-electron chi connectivity index (χ0n) is 12.7. The first-order valence-corrected chi connectivity index (χ1v) is 8.34. The number of hydrogen-bond donors (Lipinski definition) is 1. The van der Waals surface area contributed by atoms with Crippen LogP contribution in [0, 0.1) is 0 Å². The van der Waals surface area contributed by atoms with Gasteiger partial charge in [-0.3, -0.25) is 9.59 Å². The molecule has 0 heterocycles. The number of thioether (sulfide) groups is 1. The Hall–Kier alpha value is -1.98. The molecule has 0 spiro atoms. The van der Waals surface area contributed by atoms with Gasteiger partial charge < -0.3 is 10.6 Å². The first kappa shape index (κ1) is 17.4. The molecule has 0 radical (unpaired) electrons. The van der Waals surface area contributed by atoms with E-state index in [1.165, 1.54) is 11.8 Å². The number of carbonyl (C=O) groups is 2. The predicted octanol–water partition coefficient (Wildman–Crippen LogP) is 3.19. The smallest absolute Gasteiger partial charge is 0.255 e. The Labute approximate surface area is 144 Å². The van der Waals surface area contributed by atoms with Crippen LogP contribution >= 0.6 is 23.4 Å². The van der Waals surface area contributed by atoms with Gasteiger partial charge in [0, 0.05) is 23.5 Å². The van der Waals surface area contributed by atoms with Crippen molar-refractivity contribution in [3.63, 3.8) is 0 Å². The van der Waals surface area contributed by atoms with Crippen LogP contribution in [-0.2, 0) is 11.3 Å². The number of nitrogens with two attached hydrogens (primary N) is 1. The van der Waals surface area contributed by atoms with Crippen molar-refractivity contribution in [2.24, 2.45) is 5.73 Å². The third-order valence-corrected chi connectivity index (χ3v) is 4.51. The number of hydrogen-bond acceptors (Lipinski definition) is 3. The molecule has 0 aliphatic rings. The molecule has 2 aromatic carbocycles. The summed E-state index contributed by atoms with van der Waals surface area (Å²) < 4.78 is 0. The average molecular weight is 349 g/mol. The van der Waals surface area contributed by atoms with Gasteiger partial charge in [-0.1, -0.05) is 35.9 Å². The number of nitrogens with zero attached hydrogens (tertiary/aromatic N) is 1. The lowest BCUT2D eigenvalue weighted by molar-refractivity contribution is -0.115. The van der Waals surface area contributed by atoms with E-state index < -0.39 is 5.91 Å². The Morgan fingerprint density at radius 2 is 1.78 bits per heavy atom. The predicted molar refractivity (Wildman–Crippen MR) is 93.6 cm³/mol. The number of carbonyl (C=O) groups excluding carboxylic acids is 2. The number of primary amides is 1. The molecule has 0 saturated heterocycles. The van der Waals surface area contributed by atoms with E-state index in [0.29, 0.717) is 17.1 Å². The Balaban J connectivity index is 2.12. The van der Waals surface area contributed by atoms with Gasteiger partial charge in [0.05, 0.1) is 11.3 Å². The second-order valence-corrected chi connectivity index (χ2v) is 6.49. The Kier molecular flexibility index (Phi) is 6.07. The maximum absolute atomic E-state index is 12.7. The van der Waals surface area contributed by atoms with E-state index in [0.717, 1.165) is 10.5 Å². The molecule has 0 aliphatic heterocycles. The fourth-order valence-electron chi connectivity index (χ4n) is 2.06. The summed E-state index contributed by atoms with van der Waals surface area (Å²) >= 11 is 7.14. The van der Waals surface area contributed by atoms with Crippen molar-refractivity contribution in [1.29, 1.82) is 0 Å². The molecule has 4 nitrogen and oxygen atoms in total. The molecule has 0 bridgehead atoms. The highest BCUT2D eigenvalue weighted by molar-refractivity contribution is 8.00. The minimum Gasteiger partial charge on any atom is -0.369 e. The van der Waals surface area contributed by atoms with Crippen molar-refractivity contribution in [3.05, 3.63) is 64.7 Å². The number of halogens is 1. The van der Waals surface area contributed by atoms with Crippen molar-refractivity contribution in [1.82, 2.24) is 4.90 Å². The Morgan fingerprint density at radius 1 is 1.13 bits per heavy atom. The van der Waals surface area contributed by atoms with Crippen LogP contribution < -0.4 is 5.73 Å². The molecule has 0 fully saturated rings. The highest BCUT2D eigenvalue weighted by Gasteiger charge is 2.16. The second kappa shape index (κ2) is 8.04. The zero-order chi connectivity index (χ0) is 16.8. The summed E-state index contributed by atoms with van der Waals surface area (Å²) in [5.74, 6) is -0.371. The van der Waals surface area contributed by atoms with Crippen molar-refractivity contribution in [2.75, 3.05) is 12.8 Å². The molecule has 0 aromatic heterocycles. The molecule has 2 aromatic rings. The average Bonchev–Trinajstić information content (AvgIpc) is 2.54. The molecule has 0 saturated carbocycles. The normalized spacial score (nSPS) is 10.3.